The lowest BCUT2D eigenvalue weighted by Crippen LogP contribution is -2.35. The molecular formula is C17H19NO2S2. The Morgan fingerprint density at radius 1 is 0.955 bits per heavy atom. The van der Waals surface area contributed by atoms with Crippen molar-refractivity contribution < 1.29 is 8.42 Å². The molecule has 1 aliphatic heterocycles. The third-order valence-electron chi connectivity index (χ3n) is 4.73. The molecular weight excluding hydrogens is 314 g/mol. The van der Waals surface area contributed by atoms with Crippen LogP contribution in [0.3, 0.4) is 0 Å². The van der Waals surface area contributed by atoms with Gasteiger partial charge in [-0.15, -0.1) is 11.3 Å². The first-order chi connectivity index (χ1) is 10.6. The van der Waals surface area contributed by atoms with Crippen LogP contribution in [0.5, 0.6) is 0 Å². The summed E-state index contributed by atoms with van der Waals surface area (Å²) in [6.07, 6.45) is 5.30. The fraction of sp³-hybridized carbons (Fsp3) is 0.412. The fourth-order valence-corrected chi connectivity index (χ4v) is 5.81. The Hall–Kier alpha value is -1.17. The predicted molar refractivity (Wildman–Crippen MR) is 88.7 cm³/mol. The van der Waals surface area contributed by atoms with E-state index in [2.05, 4.69) is 11.4 Å². The average molecular weight is 333 g/mol. The molecule has 0 N–H and O–H groups in total. The van der Waals surface area contributed by atoms with Crippen LogP contribution >= 0.6 is 11.3 Å². The van der Waals surface area contributed by atoms with Crippen LogP contribution in [0.25, 0.3) is 0 Å². The SMILES string of the molecule is O=S(=O)(c1ccc2c(c1)CCCC2)N1CCc2sccc2C1. The van der Waals surface area contributed by atoms with Gasteiger partial charge < -0.3 is 0 Å². The molecule has 0 radical (unpaired) electrons. The minimum absolute atomic E-state index is 0.465. The van der Waals surface area contributed by atoms with Crippen molar-refractivity contribution in [3.05, 3.63) is 51.2 Å². The predicted octanol–water partition coefficient (Wildman–Crippen LogP) is 3.37. The molecule has 1 aromatic heterocycles. The van der Waals surface area contributed by atoms with E-state index in [0.717, 1.165) is 24.8 Å². The molecule has 3 nitrogen and oxygen atoms in total. The normalized spacial score (nSPS) is 18.7. The Bertz CT molecular complexity index is 808. The summed E-state index contributed by atoms with van der Waals surface area (Å²) in [6.45, 7) is 1.10. The lowest BCUT2D eigenvalue weighted by atomic mass is 9.92. The molecule has 1 aliphatic carbocycles. The molecule has 4 rings (SSSR count). The number of hydrogen-bond acceptors (Lipinski definition) is 3. The summed E-state index contributed by atoms with van der Waals surface area (Å²) in [6, 6.07) is 7.77. The molecule has 0 spiro atoms. The van der Waals surface area contributed by atoms with Gasteiger partial charge in [-0.3, -0.25) is 0 Å². The van der Waals surface area contributed by atoms with Gasteiger partial charge in [-0.1, -0.05) is 6.07 Å². The highest BCUT2D eigenvalue weighted by atomic mass is 32.2. The lowest BCUT2D eigenvalue weighted by Gasteiger charge is -2.27. The van der Waals surface area contributed by atoms with E-state index in [1.54, 1.807) is 21.7 Å². The number of hydrogen-bond donors (Lipinski definition) is 0. The smallest absolute Gasteiger partial charge is 0.207 e. The van der Waals surface area contributed by atoms with Crippen LogP contribution in [-0.2, 0) is 35.8 Å². The number of benzene rings is 1. The maximum absolute atomic E-state index is 12.9. The van der Waals surface area contributed by atoms with Crippen LogP contribution in [0.15, 0.2) is 34.5 Å². The average Bonchev–Trinajstić information content (AvgIpc) is 3.02. The van der Waals surface area contributed by atoms with E-state index in [4.69, 9.17) is 0 Å². The highest BCUT2D eigenvalue weighted by Gasteiger charge is 2.29. The van der Waals surface area contributed by atoms with Crippen molar-refractivity contribution in [2.75, 3.05) is 6.54 Å². The fourth-order valence-electron chi connectivity index (χ4n) is 3.45. The maximum Gasteiger partial charge on any atom is 0.243 e. The Kier molecular flexibility index (Phi) is 3.59. The van der Waals surface area contributed by atoms with E-state index >= 15 is 0 Å². The van der Waals surface area contributed by atoms with Crippen LogP contribution < -0.4 is 0 Å². The third kappa shape index (κ3) is 2.41. The van der Waals surface area contributed by atoms with Crippen LogP contribution in [0.2, 0.25) is 0 Å². The number of sulfonamides is 1. The molecule has 1 aromatic carbocycles. The largest absolute Gasteiger partial charge is 0.243 e. The highest BCUT2D eigenvalue weighted by Crippen LogP contribution is 2.30. The topological polar surface area (TPSA) is 37.4 Å². The summed E-state index contributed by atoms with van der Waals surface area (Å²) >= 11 is 1.73. The molecule has 0 saturated carbocycles. The second-order valence-electron chi connectivity index (χ2n) is 6.10. The Morgan fingerprint density at radius 2 is 1.77 bits per heavy atom. The first-order valence-electron chi connectivity index (χ1n) is 7.82. The molecule has 0 unspecified atom stereocenters. The van der Waals surface area contributed by atoms with Gasteiger partial charge in [0.25, 0.3) is 0 Å². The zero-order valence-corrected chi connectivity index (χ0v) is 14.0. The standard InChI is InChI=1S/C17H19NO2S2/c19-22(20,18-9-7-17-15(12-18)8-10-21-17)16-6-5-13-3-1-2-4-14(13)11-16/h5-6,8,10-11H,1-4,7,9,12H2. The molecule has 116 valence electrons. The van der Waals surface area contributed by atoms with E-state index in [1.807, 2.05) is 12.1 Å². The molecule has 2 heterocycles. The maximum atomic E-state index is 12.9. The Balaban J connectivity index is 1.66. The lowest BCUT2D eigenvalue weighted by molar-refractivity contribution is 0.394. The first-order valence-corrected chi connectivity index (χ1v) is 10.1. The quantitative estimate of drug-likeness (QED) is 0.845. The van der Waals surface area contributed by atoms with E-state index in [-0.39, 0.29) is 0 Å². The van der Waals surface area contributed by atoms with Crippen molar-refractivity contribution in [3.63, 3.8) is 0 Å². The summed E-state index contributed by atoms with van der Waals surface area (Å²) in [5.74, 6) is 0. The Labute approximate surface area is 135 Å². The van der Waals surface area contributed by atoms with Crippen molar-refractivity contribution in [1.29, 1.82) is 0 Å². The summed E-state index contributed by atoms with van der Waals surface area (Å²) < 4.78 is 27.5. The second-order valence-corrected chi connectivity index (χ2v) is 9.03. The van der Waals surface area contributed by atoms with Crippen molar-refractivity contribution >= 4 is 21.4 Å². The van der Waals surface area contributed by atoms with Gasteiger partial charge in [0.2, 0.25) is 10.0 Å². The first kappa shape index (κ1) is 14.4. The summed E-state index contributed by atoms with van der Waals surface area (Å²) in [7, 11) is -3.38. The van der Waals surface area contributed by atoms with Crippen molar-refractivity contribution in [3.8, 4) is 0 Å². The molecule has 0 atom stereocenters. The molecule has 2 aromatic rings. The molecule has 0 bridgehead atoms. The monoisotopic (exact) mass is 333 g/mol. The minimum atomic E-state index is -3.38. The van der Waals surface area contributed by atoms with Gasteiger partial charge in [-0.25, -0.2) is 8.42 Å². The zero-order chi connectivity index (χ0) is 15.2. The molecule has 2 aliphatic rings. The summed E-state index contributed by atoms with van der Waals surface area (Å²) in [5, 5.41) is 2.06. The molecule has 0 saturated heterocycles. The summed E-state index contributed by atoms with van der Waals surface area (Å²) in [5.41, 5.74) is 3.71. The van der Waals surface area contributed by atoms with Crippen LogP contribution in [0.4, 0.5) is 0 Å². The van der Waals surface area contributed by atoms with E-state index in [1.165, 1.54) is 28.8 Å². The van der Waals surface area contributed by atoms with E-state index < -0.39 is 10.0 Å². The van der Waals surface area contributed by atoms with Gasteiger partial charge in [0, 0.05) is 18.0 Å². The van der Waals surface area contributed by atoms with Gasteiger partial charge >= 0.3 is 0 Å². The Morgan fingerprint density at radius 3 is 2.64 bits per heavy atom. The zero-order valence-electron chi connectivity index (χ0n) is 12.4. The van der Waals surface area contributed by atoms with Gasteiger partial charge in [0.15, 0.2) is 0 Å². The van der Waals surface area contributed by atoms with Crippen molar-refractivity contribution in [2.24, 2.45) is 0 Å². The van der Waals surface area contributed by atoms with Crippen LogP contribution in [0, 0.1) is 0 Å². The number of fused-ring (bicyclic) bond motifs is 2. The van der Waals surface area contributed by atoms with Gasteiger partial charge in [-0.2, -0.15) is 4.31 Å². The van der Waals surface area contributed by atoms with E-state index in [0.29, 0.717) is 18.0 Å². The van der Waals surface area contributed by atoms with Crippen LogP contribution in [0.1, 0.15) is 34.4 Å². The molecule has 0 fully saturated rings. The molecule has 5 heteroatoms. The number of aryl methyl sites for hydroxylation is 2. The number of thiophene rings is 1. The van der Waals surface area contributed by atoms with Crippen molar-refractivity contribution in [2.45, 2.75) is 43.5 Å². The van der Waals surface area contributed by atoms with Crippen molar-refractivity contribution in [1.82, 2.24) is 4.31 Å². The number of rotatable bonds is 2. The van der Waals surface area contributed by atoms with Crippen LogP contribution in [-0.4, -0.2) is 19.3 Å². The van der Waals surface area contributed by atoms with Gasteiger partial charge in [0.05, 0.1) is 4.90 Å². The molecule has 22 heavy (non-hydrogen) atoms. The molecule has 0 amide bonds. The van der Waals surface area contributed by atoms with Gasteiger partial charge in [-0.05, 0) is 72.4 Å². The highest BCUT2D eigenvalue weighted by molar-refractivity contribution is 7.89. The summed E-state index contributed by atoms with van der Waals surface area (Å²) in [4.78, 5) is 1.80. The van der Waals surface area contributed by atoms with E-state index in [9.17, 15) is 8.42 Å². The number of nitrogens with zero attached hydrogens (tertiary/aromatic N) is 1. The van der Waals surface area contributed by atoms with Gasteiger partial charge in [0.1, 0.15) is 0 Å². The third-order valence-corrected chi connectivity index (χ3v) is 7.59. The second kappa shape index (κ2) is 5.48. The minimum Gasteiger partial charge on any atom is -0.207 e.